The van der Waals surface area contributed by atoms with E-state index < -0.39 is 5.82 Å². The van der Waals surface area contributed by atoms with Crippen LogP contribution in [0.3, 0.4) is 0 Å². The predicted octanol–water partition coefficient (Wildman–Crippen LogP) is 2.69. The highest BCUT2D eigenvalue weighted by molar-refractivity contribution is 5.22. The minimum atomic E-state index is -0.408. The first kappa shape index (κ1) is 14.1. The molecule has 2 atom stereocenters. The second-order valence-electron chi connectivity index (χ2n) is 4.70. The van der Waals surface area contributed by atoms with Crippen molar-refractivity contribution in [3.63, 3.8) is 0 Å². The maximum absolute atomic E-state index is 13.7. The van der Waals surface area contributed by atoms with Crippen molar-refractivity contribution in [2.24, 2.45) is 5.73 Å². The van der Waals surface area contributed by atoms with Crippen LogP contribution in [0.25, 0.3) is 0 Å². The molecule has 0 fully saturated rings. The molecule has 0 saturated heterocycles. The van der Waals surface area contributed by atoms with E-state index in [2.05, 4.69) is 0 Å². The van der Waals surface area contributed by atoms with E-state index in [0.29, 0.717) is 12.0 Å². The third-order valence-corrected chi connectivity index (χ3v) is 2.84. The molecule has 2 nitrogen and oxygen atoms in total. The lowest BCUT2D eigenvalue weighted by Gasteiger charge is -2.26. The molecule has 0 saturated carbocycles. The fourth-order valence-electron chi connectivity index (χ4n) is 1.88. The molecule has 1 aromatic carbocycles. The molecule has 17 heavy (non-hydrogen) atoms. The summed E-state index contributed by atoms with van der Waals surface area (Å²) in [5.41, 5.74) is 6.10. The maximum atomic E-state index is 13.7. The van der Waals surface area contributed by atoms with Crippen LogP contribution in [0.2, 0.25) is 0 Å². The van der Waals surface area contributed by atoms with Crippen molar-refractivity contribution >= 4 is 0 Å². The van der Waals surface area contributed by atoms with Gasteiger partial charge in [-0.1, -0.05) is 0 Å². The standard InChI is InChI=1S/C13H20F2N2/c1-9(16)4-7-13(17(2)3)11-8-10(14)5-6-12(11)15/h5-6,8-9,13H,4,7,16H2,1-3H3. The Hall–Kier alpha value is -1.00. The number of benzene rings is 1. The highest BCUT2D eigenvalue weighted by atomic mass is 19.1. The molecule has 1 rings (SSSR count). The van der Waals surface area contributed by atoms with E-state index in [1.54, 1.807) is 0 Å². The number of nitrogens with zero attached hydrogens (tertiary/aromatic N) is 1. The Morgan fingerprint density at radius 1 is 1.24 bits per heavy atom. The Bertz CT molecular complexity index is 364. The van der Waals surface area contributed by atoms with Crippen LogP contribution in [-0.2, 0) is 0 Å². The molecule has 2 N–H and O–H groups in total. The third kappa shape index (κ3) is 4.06. The number of hydrogen-bond acceptors (Lipinski definition) is 2. The lowest BCUT2D eigenvalue weighted by atomic mass is 9.98. The van der Waals surface area contributed by atoms with Crippen LogP contribution in [0.1, 0.15) is 31.4 Å². The maximum Gasteiger partial charge on any atom is 0.128 e. The van der Waals surface area contributed by atoms with Gasteiger partial charge in [0.05, 0.1) is 0 Å². The van der Waals surface area contributed by atoms with Gasteiger partial charge in [-0.25, -0.2) is 8.78 Å². The van der Waals surface area contributed by atoms with Gasteiger partial charge in [0.2, 0.25) is 0 Å². The molecule has 0 heterocycles. The first-order valence-electron chi connectivity index (χ1n) is 5.78. The van der Waals surface area contributed by atoms with Gasteiger partial charge < -0.3 is 10.6 Å². The molecular formula is C13H20F2N2. The van der Waals surface area contributed by atoms with Crippen LogP contribution in [0.15, 0.2) is 18.2 Å². The predicted molar refractivity (Wildman–Crippen MR) is 65.7 cm³/mol. The first-order chi connectivity index (χ1) is 7.91. The largest absolute Gasteiger partial charge is 0.328 e. The summed E-state index contributed by atoms with van der Waals surface area (Å²) in [5.74, 6) is -0.774. The minimum absolute atomic E-state index is 0.0640. The molecule has 0 aromatic heterocycles. The smallest absolute Gasteiger partial charge is 0.128 e. The summed E-state index contributed by atoms with van der Waals surface area (Å²) in [4.78, 5) is 1.89. The van der Waals surface area contributed by atoms with Crippen LogP contribution in [0.5, 0.6) is 0 Å². The summed E-state index contributed by atoms with van der Waals surface area (Å²) in [6.45, 7) is 1.91. The van der Waals surface area contributed by atoms with Crippen molar-refractivity contribution in [3.05, 3.63) is 35.4 Å². The molecule has 0 bridgehead atoms. The summed E-state index contributed by atoms with van der Waals surface area (Å²) in [5, 5.41) is 0. The van der Waals surface area contributed by atoms with Gasteiger partial charge in [0.15, 0.2) is 0 Å². The van der Waals surface area contributed by atoms with Crippen molar-refractivity contribution in [1.82, 2.24) is 4.90 Å². The Kier molecular flexibility index (Phi) is 5.02. The Morgan fingerprint density at radius 3 is 2.41 bits per heavy atom. The third-order valence-electron chi connectivity index (χ3n) is 2.84. The van der Waals surface area contributed by atoms with Crippen LogP contribution < -0.4 is 5.73 Å². The number of hydrogen-bond donors (Lipinski definition) is 1. The monoisotopic (exact) mass is 242 g/mol. The fraction of sp³-hybridized carbons (Fsp3) is 0.538. The van der Waals surface area contributed by atoms with Gasteiger partial charge >= 0.3 is 0 Å². The van der Waals surface area contributed by atoms with Crippen molar-refractivity contribution in [3.8, 4) is 0 Å². The van der Waals surface area contributed by atoms with Crippen molar-refractivity contribution < 1.29 is 8.78 Å². The zero-order valence-electron chi connectivity index (χ0n) is 10.6. The summed E-state index contributed by atoms with van der Waals surface area (Å²) >= 11 is 0. The molecule has 0 radical (unpaired) electrons. The van der Waals surface area contributed by atoms with Crippen LogP contribution in [0.4, 0.5) is 8.78 Å². The second kappa shape index (κ2) is 6.07. The number of rotatable bonds is 5. The molecule has 4 heteroatoms. The summed E-state index contributed by atoms with van der Waals surface area (Å²) < 4.78 is 26.8. The van der Waals surface area contributed by atoms with E-state index in [-0.39, 0.29) is 17.9 Å². The summed E-state index contributed by atoms with van der Waals surface area (Å²) in [6, 6.07) is 3.50. The van der Waals surface area contributed by atoms with E-state index in [0.717, 1.165) is 12.5 Å². The van der Waals surface area contributed by atoms with E-state index >= 15 is 0 Å². The van der Waals surface area contributed by atoms with Crippen molar-refractivity contribution in [2.75, 3.05) is 14.1 Å². The molecule has 0 amide bonds. The number of halogens is 2. The minimum Gasteiger partial charge on any atom is -0.328 e. The molecule has 0 aliphatic heterocycles. The quantitative estimate of drug-likeness (QED) is 0.860. The second-order valence-corrected chi connectivity index (χ2v) is 4.70. The number of nitrogens with two attached hydrogens (primary N) is 1. The van der Waals surface area contributed by atoms with Gasteiger partial charge in [0, 0.05) is 17.6 Å². The highest BCUT2D eigenvalue weighted by Crippen LogP contribution is 2.26. The average molecular weight is 242 g/mol. The van der Waals surface area contributed by atoms with Gasteiger partial charge in [-0.15, -0.1) is 0 Å². The lowest BCUT2D eigenvalue weighted by molar-refractivity contribution is 0.267. The van der Waals surface area contributed by atoms with Crippen molar-refractivity contribution in [2.45, 2.75) is 31.8 Å². The van der Waals surface area contributed by atoms with Crippen molar-refractivity contribution in [1.29, 1.82) is 0 Å². The molecule has 0 spiro atoms. The van der Waals surface area contributed by atoms with Crippen LogP contribution >= 0.6 is 0 Å². The first-order valence-corrected chi connectivity index (χ1v) is 5.78. The SMILES string of the molecule is CC(N)CCC(c1cc(F)ccc1F)N(C)C. The molecular weight excluding hydrogens is 222 g/mol. The molecule has 0 aliphatic carbocycles. The van der Waals surface area contributed by atoms with E-state index in [1.165, 1.54) is 12.1 Å². The van der Waals surface area contributed by atoms with Gasteiger partial charge in [-0.3, -0.25) is 0 Å². The van der Waals surface area contributed by atoms with Crippen LogP contribution in [-0.4, -0.2) is 25.0 Å². The molecule has 2 unspecified atom stereocenters. The Labute approximate surface area is 101 Å². The fourth-order valence-corrected chi connectivity index (χ4v) is 1.88. The Balaban J connectivity index is 2.92. The average Bonchev–Trinajstić information content (AvgIpc) is 2.22. The summed E-state index contributed by atoms with van der Waals surface area (Å²) in [7, 11) is 3.71. The van der Waals surface area contributed by atoms with Gasteiger partial charge in [0.1, 0.15) is 11.6 Å². The van der Waals surface area contributed by atoms with E-state index in [1.807, 2.05) is 25.9 Å². The van der Waals surface area contributed by atoms with Gasteiger partial charge in [0.25, 0.3) is 0 Å². The van der Waals surface area contributed by atoms with Crippen LogP contribution in [0, 0.1) is 11.6 Å². The normalized spacial score (nSPS) is 15.0. The van der Waals surface area contributed by atoms with Gasteiger partial charge in [-0.2, -0.15) is 0 Å². The van der Waals surface area contributed by atoms with E-state index in [4.69, 9.17) is 5.73 Å². The molecule has 0 aliphatic rings. The Morgan fingerprint density at radius 2 is 1.88 bits per heavy atom. The van der Waals surface area contributed by atoms with Gasteiger partial charge in [-0.05, 0) is 52.1 Å². The zero-order valence-corrected chi connectivity index (χ0v) is 10.6. The topological polar surface area (TPSA) is 29.3 Å². The molecule has 96 valence electrons. The lowest BCUT2D eigenvalue weighted by Crippen LogP contribution is -2.24. The molecule has 1 aromatic rings. The highest BCUT2D eigenvalue weighted by Gasteiger charge is 2.19. The summed E-state index contributed by atoms with van der Waals surface area (Å²) in [6.07, 6.45) is 1.49. The zero-order chi connectivity index (χ0) is 13.0. The van der Waals surface area contributed by atoms with E-state index in [9.17, 15) is 8.78 Å².